The lowest BCUT2D eigenvalue weighted by Gasteiger charge is -2.24. The van der Waals surface area contributed by atoms with Gasteiger partial charge in [0.25, 0.3) is 5.91 Å². The Morgan fingerprint density at radius 3 is 2.42 bits per heavy atom. The van der Waals surface area contributed by atoms with Crippen molar-refractivity contribution in [1.82, 2.24) is 15.0 Å². The van der Waals surface area contributed by atoms with Crippen molar-refractivity contribution < 1.29 is 14.1 Å². The summed E-state index contributed by atoms with van der Waals surface area (Å²) in [4.78, 5) is 28.3. The van der Waals surface area contributed by atoms with Crippen molar-refractivity contribution in [3.05, 3.63) is 47.7 Å². The Morgan fingerprint density at radius 2 is 1.83 bits per heavy atom. The van der Waals surface area contributed by atoms with Crippen molar-refractivity contribution in [2.45, 2.75) is 6.92 Å². The van der Waals surface area contributed by atoms with Crippen LogP contribution in [-0.4, -0.2) is 60.5 Å². The van der Waals surface area contributed by atoms with E-state index in [1.807, 2.05) is 38.1 Å². The molecule has 7 heteroatoms. The molecule has 0 spiro atoms. The van der Waals surface area contributed by atoms with Crippen molar-refractivity contribution >= 4 is 17.6 Å². The van der Waals surface area contributed by atoms with Crippen LogP contribution in [0.25, 0.3) is 0 Å². The molecule has 1 heterocycles. The summed E-state index contributed by atoms with van der Waals surface area (Å²) in [7, 11) is 3.84. The topological polar surface area (TPSA) is 78.7 Å². The van der Waals surface area contributed by atoms with Gasteiger partial charge in [-0.1, -0.05) is 22.9 Å². The number of hydrogen-bond donors (Lipinski definition) is 1. The highest BCUT2D eigenvalue weighted by molar-refractivity contribution is 5.99. The Kier molecular flexibility index (Phi) is 6.08. The minimum absolute atomic E-state index is 0.0482. The van der Waals surface area contributed by atoms with Crippen molar-refractivity contribution in [1.29, 1.82) is 0 Å². The van der Waals surface area contributed by atoms with Crippen LogP contribution in [0.5, 0.6) is 0 Å². The number of nitrogens with one attached hydrogen (secondary N) is 1. The SMILES string of the molecule is Cc1ccc(C(=O)N(CCN(C)C)CC(=O)Nc2ccon2)cc1. The molecule has 0 fully saturated rings. The molecule has 0 radical (unpaired) electrons. The number of nitrogens with zero attached hydrogens (tertiary/aromatic N) is 3. The van der Waals surface area contributed by atoms with Crippen molar-refractivity contribution in [3.63, 3.8) is 0 Å². The molecule has 1 N–H and O–H groups in total. The standard InChI is InChI=1S/C17H22N4O3/c1-13-4-6-14(7-5-13)17(23)21(10-9-20(2)3)12-16(22)18-15-8-11-24-19-15/h4-8,11H,9-10,12H2,1-3H3,(H,18,19,22). The van der Waals surface area contributed by atoms with Gasteiger partial charge in [-0.3, -0.25) is 9.59 Å². The zero-order valence-corrected chi connectivity index (χ0v) is 14.2. The quantitative estimate of drug-likeness (QED) is 0.835. The molecule has 0 bridgehead atoms. The molecular formula is C17H22N4O3. The number of rotatable bonds is 7. The van der Waals surface area contributed by atoms with Crippen molar-refractivity contribution in [2.75, 3.05) is 39.0 Å². The maximum Gasteiger partial charge on any atom is 0.254 e. The summed E-state index contributed by atoms with van der Waals surface area (Å²) in [5.41, 5.74) is 1.64. The Balaban J connectivity index is 2.06. The average Bonchev–Trinajstić information content (AvgIpc) is 3.04. The van der Waals surface area contributed by atoms with E-state index in [0.717, 1.165) is 5.56 Å². The van der Waals surface area contributed by atoms with Crippen LogP contribution in [0.15, 0.2) is 41.1 Å². The maximum absolute atomic E-state index is 12.7. The monoisotopic (exact) mass is 330 g/mol. The Morgan fingerprint density at radius 1 is 1.12 bits per heavy atom. The van der Waals surface area contributed by atoms with E-state index in [0.29, 0.717) is 24.5 Å². The first-order valence-electron chi connectivity index (χ1n) is 7.66. The third-order valence-electron chi connectivity index (χ3n) is 3.44. The van der Waals surface area contributed by atoms with E-state index in [1.54, 1.807) is 18.2 Å². The molecule has 2 amide bonds. The number of anilines is 1. The Bertz CT molecular complexity index is 666. The molecule has 0 unspecified atom stereocenters. The second-order valence-electron chi connectivity index (χ2n) is 5.83. The molecule has 0 saturated heterocycles. The predicted molar refractivity (Wildman–Crippen MR) is 90.8 cm³/mol. The third kappa shape index (κ3) is 5.20. The molecule has 0 saturated carbocycles. The molecule has 0 aliphatic heterocycles. The largest absolute Gasteiger partial charge is 0.363 e. The van der Waals surface area contributed by atoms with Gasteiger partial charge >= 0.3 is 0 Å². The van der Waals surface area contributed by atoms with E-state index in [9.17, 15) is 9.59 Å². The summed E-state index contributed by atoms with van der Waals surface area (Å²) in [6, 6.07) is 8.86. The number of hydrogen-bond acceptors (Lipinski definition) is 5. The normalized spacial score (nSPS) is 10.7. The van der Waals surface area contributed by atoms with Crippen LogP contribution in [0.2, 0.25) is 0 Å². The lowest BCUT2D eigenvalue weighted by Crippen LogP contribution is -2.41. The van der Waals surface area contributed by atoms with E-state index in [2.05, 4.69) is 15.0 Å². The molecule has 0 atom stereocenters. The van der Waals surface area contributed by atoms with E-state index < -0.39 is 0 Å². The first-order chi connectivity index (χ1) is 11.5. The molecule has 2 aromatic rings. The van der Waals surface area contributed by atoms with Gasteiger partial charge in [-0.25, -0.2) is 0 Å². The molecule has 0 aliphatic rings. The summed E-state index contributed by atoms with van der Waals surface area (Å²) in [5, 5.41) is 6.24. The average molecular weight is 330 g/mol. The van der Waals surface area contributed by atoms with Gasteiger partial charge in [0.2, 0.25) is 5.91 Å². The highest BCUT2D eigenvalue weighted by atomic mass is 16.5. The van der Waals surface area contributed by atoms with Crippen molar-refractivity contribution in [2.24, 2.45) is 0 Å². The number of aryl methyl sites for hydroxylation is 1. The first kappa shape index (κ1) is 17.7. The van der Waals surface area contributed by atoms with Crippen molar-refractivity contribution in [3.8, 4) is 0 Å². The number of amides is 2. The maximum atomic E-state index is 12.7. The van der Waals surface area contributed by atoms with Gasteiger partial charge in [-0.2, -0.15) is 0 Å². The smallest absolute Gasteiger partial charge is 0.254 e. The molecule has 2 rings (SSSR count). The van der Waals surface area contributed by atoms with Gasteiger partial charge in [0.15, 0.2) is 5.82 Å². The first-order valence-corrected chi connectivity index (χ1v) is 7.66. The molecule has 0 aliphatic carbocycles. The molecule has 1 aromatic carbocycles. The Hall–Kier alpha value is -2.67. The summed E-state index contributed by atoms with van der Waals surface area (Å²) in [6.07, 6.45) is 1.37. The molecule has 24 heavy (non-hydrogen) atoms. The van der Waals surface area contributed by atoms with Gasteiger partial charge in [0.1, 0.15) is 12.8 Å². The van der Waals surface area contributed by atoms with E-state index in [-0.39, 0.29) is 18.4 Å². The summed E-state index contributed by atoms with van der Waals surface area (Å²) in [6.45, 7) is 3.03. The number of benzene rings is 1. The minimum atomic E-state index is -0.317. The number of aromatic nitrogens is 1. The minimum Gasteiger partial charge on any atom is -0.363 e. The molecule has 7 nitrogen and oxygen atoms in total. The van der Waals surface area contributed by atoms with Crippen LogP contribution in [0, 0.1) is 6.92 Å². The second kappa shape index (κ2) is 8.26. The zero-order chi connectivity index (χ0) is 17.5. The van der Waals surface area contributed by atoms with Crippen LogP contribution in [0.4, 0.5) is 5.82 Å². The number of carbonyl (C=O) groups is 2. The molecule has 128 valence electrons. The van der Waals surface area contributed by atoms with Crippen LogP contribution in [0.1, 0.15) is 15.9 Å². The van der Waals surface area contributed by atoms with Crippen LogP contribution in [-0.2, 0) is 4.79 Å². The van der Waals surface area contributed by atoms with Crippen LogP contribution < -0.4 is 5.32 Å². The fraction of sp³-hybridized carbons (Fsp3) is 0.353. The van der Waals surface area contributed by atoms with E-state index >= 15 is 0 Å². The van der Waals surface area contributed by atoms with Crippen LogP contribution >= 0.6 is 0 Å². The Labute approximate surface area is 141 Å². The summed E-state index contributed by atoms with van der Waals surface area (Å²) in [5.74, 6) is -0.161. The lowest BCUT2D eigenvalue weighted by molar-refractivity contribution is -0.117. The predicted octanol–water partition coefficient (Wildman–Crippen LogP) is 1.63. The fourth-order valence-electron chi connectivity index (χ4n) is 2.08. The van der Waals surface area contributed by atoms with Gasteiger partial charge in [-0.15, -0.1) is 0 Å². The second-order valence-corrected chi connectivity index (χ2v) is 5.83. The number of carbonyl (C=O) groups excluding carboxylic acids is 2. The third-order valence-corrected chi connectivity index (χ3v) is 3.44. The number of likely N-dealkylation sites (N-methyl/N-ethyl adjacent to an activating group) is 1. The summed E-state index contributed by atoms with van der Waals surface area (Å²) >= 11 is 0. The highest BCUT2D eigenvalue weighted by Gasteiger charge is 2.19. The van der Waals surface area contributed by atoms with Gasteiger partial charge in [0.05, 0.1) is 0 Å². The fourth-order valence-corrected chi connectivity index (χ4v) is 2.08. The van der Waals surface area contributed by atoms with Crippen LogP contribution in [0.3, 0.4) is 0 Å². The molecule has 1 aromatic heterocycles. The summed E-state index contributed by atoms with van der Waals surface area (Å²) < 4.78 is 4.68. The van der Waals surface area contributed by atoms with Gasteiger partial charge in [-0.05, 0) is 33.2 Å². The molecular weight excluding hydrogens is 308 g/mol. The van der Waals surface area contributed by atoms with E-state index in [4.69, 9.17) is 0 Å². The van der Waals surface area contributed by atoms with Gasteiger partial charge < -0.3 is 19.6 Å². The zero-order valence-electron chi connectivity index (χ0n) is 14.2. The lowest BCUT2D eigenvalue weighted by atomic mass is 10.1. The highest BCUT2D eigenvalue weighted by Crippen LogP contribution is 2.08. The van der Waals surface area contributed by atoms with Gasteiger partial charge in [0, 0.05) is 24.7 Å². The van der Waals surface area contributed by atoms with E-state index in [1.165, 1.54) is 11.2 Å².